The summed E-state index contributed by atoms with van der Waals surface area (Å²) >= 11 is 1.24. The molecular weight excluding hydrogens is 363 g/mol. The molecule has 134 valence electrons. The van der Waals surface area contributed by atoms with E-state index in [1.807, 2.05) is 42.5 Å². The Hall–Kier alpha value is -3.25. The molecule has 6 heteroatoms. The number of halogens is 1. The van der Waals surface area contributed by atoms with Crippen molar-refractivity contribution < 1.29 is 13.9 Å². The second-order valence-electron chi connectivity index (χ2n) is 5.88. The van der Waals surface area contributed by atoms with Gasteiger partial charge in [0.2, 0.25) is 0 Å². The topological polar surface area (TPSA) is 51.2 Å². The number of carbonyl (C=O) groups excluding carboxylic acids is 1. The minimum Gasteiger partial charge on any atom is -0.489 e. The molecule has 0 aliphatic carbocycles. The molecule has 0 atom stereocenters. The minimum atomic E-state index is -0.322. The number of thiazole rings is 1. The molecule has 0 saturated carbocycles. The summed E-state index contributed by atoms with van der Waals surface area (Å²) in [6.07, 6.45) is 0. The van der Waals surface area contributed by atoms with Crippen molar-refractivity contribution in [1.82, 2.24) is 4.98 Å². The van der Waals surface area contributed by atoms with E-state index < -0.39 is 0 Å². The predicted octanol–water partition coefficient (Wildman–Crippen LogP) is 5.27. The molecule has 27 heavy (non-hydrogen) atoms. The Labute approximate surface area is 159 Å². The van der Waals surface area contributed by atoms with Crippen LogP contribution in [0.1, 0.15) is 15.9 Å². The van der Waals surface area contributed by atoms with Gasteiger partial charge < -0.3 is 4.74 Å². The number of amides is 1. The Morgan fingerprint density at radius 2 is 1.81 bits per heavy atom. The maximum Gasteiger partial charge on any atom is 0.257 e. The third-order valence-electron chi connectivity index (χ3n) is 3.94. The lowest BCUT2D eigenvalue weighted by Gasteiger charge is -2.07. The lowest BCUT2D eigenvalue weighted by atomic mass is 10.1. The Morgan fingerprint density at radius 3 is 2.59 bits per heavy atom. The normalized spacial score (nSPS) is 10.7. The molecule has 0 fully saturated rings. The molecule has 1 heterocycles. The fourth-order valence-electron chi connectivity index (χ4n) is 2.56. The largest absolute Gasteiger partial charge is 0.489 e. The average Bonchev–Trinajstić information content (AvgIpc) is 3.09. The second kappa shape index (κ2) is 7.55. The number of nitrogens with zero attached hydrogens (tertiary/aromatic N) is 1. The van der Waals surface area contributed by atoms with Crippen LogP contribution in [-0.2, 0) is 6.61 Å². The van der Waals surface area contributed by atoms with Crippen molar-refractivity contribution in [2.24, 2.45) is 0 Å². The lowest BCUT2D eigenvalue weighted by Crippen LogP contribution is -2.11. The number of anilines is 1. The van der Waals surface area contributed by atoms with Gasteiger partial charge in [-0.15, -0.1) is 0 Å². The van der Waals surface area contributed by atoms with Crippen molar-refractivity contribution in [3.63, 3.8) is 0 Å². The van der Waals surface area contributed by atoms with Crippen LogP contribution >= 0.6 is 11.3 Å². The molecule has 0 bridgehead atoms. The van der Waals surface area contributed by atoms with E-state index >= 15 is 0 Å². The van der Waals surface area contributed by atoms with Gasteiger partial charge in [0.25, 0.3) is 5.91 Å². The number of nitrogens with one attached hydrogen (secondary N) is 1. The minimum absolute atomic E-state index is 0.259. The van der Waals surface area contributed by atoms with Crippen molar-refractivity contribution in [2.45, 2.75) is 6.61 Å². The van der Waals surface area contributed by atoms with E-state index in [4.69, 9.17) is 4.74 Å². The number of hydrogen-bond donors (Lipinski definition) is 1. The SMILES string of the molecule is O=C(Nc1nc2ccc(F)cc2s1)c1ccc(COc2ccccc2)cc1. The molecule has 3 aromatic carbocycles. The highest BCUT2D eigenvalue weighted by molar-refractivity contribution is 7.22. The maximum absolute atomic E-state index is 13.3. The Balaban J connectivity index is 1.41. The third kappa shape index (κ3) is 4.12. The molecule has 1 N–H and O–H groups in total. The van der Waals surface area contributed by atoms with Crippen molar-refractivity contribution in [3.8, 4) is 5.75 Å². The molecular formula is C21H15FN2O2S. The summed E-state index contributed by atoms with van der Waals surface area (Å²) in [7, 11) is 0. The van der Waals surface area contributed by atoms with E-state index in [0.29, 0.717) is 27.5 Å². The Bertz CT molecular complexity index is 1080. The van der Waals surface area contributed by atoms with Crippen molar-refractivity contribution in [3.05, 3.63) is 89.7 Å². The van der Waals surface area contributed by atoms with Crippen LogP contribution in [0, 0.1) is 5.82 Å². The van der Waals surface area contributed by atoms with Gasteiger partial charge in [-0.05, 0) is 48.0 Å². The summed E-state index contributed by atoms with van der Waals surface area (Å²) in [6.45, 7) is 0.426. The molecule has 4 rings (SSSR count). The van der Waals surface area contributed by atoms with Gasteiger partial charge in [0.1, 0.15) is 18.2 Å². The van der Waals surface area contributed by atoms with Crippen LogP contribution < -0.4 is 10.1 Å². The van der Waals surface area contributed by atoms with Gasteiger partial charge in [-0.2, -0.15) is 0 Å². The highest BCUT2D eigenvalue weighted by atomic mass is 32.1. The van der Waals surface area contributed by atoms with Gasteiger partial charge in [-0.1, -0.05) is 41.7 Å². The van der Waals surface area contributed by atoms with Crippen molar-refractivity contribution >= 4 is 32.6 Å². The molecule has 4 nitrogen and oxygen atoms in total. The van der Waals surface area contributed by atoms with Crippen molar-refractivity contribution in [2.75, 3.05) is 5.32 Å². The van der Waals surface area contributed by atoms with Crippen LogP contribution in [0.15, 0.2) is 72.8 Å². The highest BCUT2D eigenvalue weighted by Gasteiger charge is 2.10. The summed E-state index contributed by atoms with van der Waals surface area (Å²) < 4.78 is 19.6. The second-order valence-corrected chi connectivity index (χ2v) is 6.91. The number of rotatable bonds is 5. The van der Waals surface area contributed by atoms with Gasteiger partial charge in [0.15, 0.2) is 5.13 Å². The van der Waals surface area contributed by atoms with Crippen LogP contribution in [0.3, 0.4) is 0 Å². The van der Waals surface area contributed by atoms with Crippen LogP contribution in [-0.4, -0.2) is 10.9 Å². The van der Waals surface area contributed by atoms with E-state index in [0.717, 1.165) is 11.3 Å². The molecule has 0 spiro atoms. The maximum atomic E-state index is 13.3. The molecule has 0 aliphatic heterocycles. The Morgan fingerprint density at radius 1 is 1.04 bits per heavy atom. The summed E-state index contributed by atoms with van der Waals surface area (Å²) in [5.74, 6) is 0.217. The molecule has 1 amide bonds. The van der Waals surface area contributed by atoms with Gasteiger partial charge in [0, 0.05) is 5.56 Å². The highest BCUT2D eigenvalue weighted by Crippen LogP contribution is 2.26. The molecule has 1 aromatic heterocycles. The number of hydrogen-bond acceptors (Lipinski definition) is 4. The predicted molar refractivity (Wildman–Crippen MR) is 105 cm³/mol. The van der Waals surface area contributed by atoms with E-state index in [9.17, 15) is 9.18 Å². The van der Waals surface area contributed by atoms with Gasteiger partial charge in [-0.3, -0.25) is 10.1 Å². The van der Waals surface area contributed by atoms with Gasteiger partial charge in [0.05, 0.1) is 10.2 Å². The molecule has 0 radical (unpaired) electrons. The molecule has 4 aromatic rings. The van der Waals surface area contributed by atoms with Gasteiger partial charge >= 0.3 is 0 Å². The summed E-state index contributed by atoms with van der Waals surface area (Å²) in [5.41, 5.74) is 2.14. The van der Waals surface area contributed by atoms with Crippen LogP contribution in [0.25, 0.3) is 10.2 Å². The van der Waals surface area contributed by atoms with E-state index in [1.165, 1.54) is 23.5 Å². The number of para-hydroxylation sites is 1. The molecule has 0 saturated heterocycles. The summed E-state index contributed by atoms with van der Waals surface area (Å²) in [4.78, 5) is 16.7. The first-order valence-corrected chi connectivity index (χ1v) is 9.13. The number of benzene rings is 3. The van der Waals surface area contributed by atoms with Gasteiger partial charge in [-0.25, -0.2) is 9.37 Å². The van der Waals surface area contributed by atoms with Crippen LogP contribution in [0.2, 0.25) is 0 Å². The zero-order valence-corrected chi connectivity index (χ0v) is 15.0. The number of fused-ring (bicyclic) bond motifs is 1. The molecule has 0 unspecified atom stereocenters. The average molecular weight is 378 g/mol. The van der Waals surface area contributed by atoms with Crippen LogP contribution in [0.5, 0.6) is 5.75 Å². The third-order valence-corrected chi connectivity index (χ3v) is 4.87. The summed E-state index contributed by atoms with van der Waals surface area (Å²) in [5, 5.41) is 3.20. The summed E-state index contributed by atoms with van der Waals surface area (Å²) in [6, 6.07) is 21.1. The fraction of sp³-hybridized carbons (Fsp3) is 0.0476. The van der Waals surface area contributed by atoms with E-state index in [-0.39, 0.29) is 11.7 Å². The first-order chi connectivity index (χ1) is 13.2. The molecule has 0 aliphatic rings. The van der Waals surface area contributed by atoms with E-state index in [1.54, 1.807) is 18.2 Å². The monoisotopic (exact) mass is 378 g/mol. The zero-order chi connectivity index (χ0) is 18.6. The van der Waals surface area contributed by atoms with Crippen LogP contribution in [0.4, 0.5) is 9.52 Å². The van der Waals surface area contributed by atoms with Crippen molar-refractivity contribution in [1.29, 1.82) is 0 Å². The number of aromatic nitrogens is 1. The first kappa shape index (κ1) is 17.2. The zero-order valence-electron chi connectivity index (χ0n) is 14.2. The van der Waals surface area contributed by atoms with E-state index in [2.05, 4.69) is 10.3 Å². The fourth-order valence-corrected chi connectivity index (χ4v) is 3.44. The Kier molecular flexibility index (Phi) is 4.80. The lowest BCUT2D eigenvalue weighted by molar-refractivity contribution is 0.102. The smallest absolute Gasteiger partial charge is 0.257 e. The number of ether oxygens (including phenoxy) is 1. The first-order valence-electron chi connectivity index (χ1n) is 8.32. The quantitative estimate of drug-likeness (QED) is 0.515. The number of carbonyl (C=O) groups is 1. The standard InChI is InChI=1S/C21H15FN2O2S/c22-16-10-11-18-19(12-16)27-21(23-18)24-20(25)15-8-6-14(7-9-15)13-26-17-4-2-1-3-5-17/h1-12H,13H2,(H,23,24,25).